The third kappa shape index (κ3) is 4.15. The minimum Gasteiger partial charge on any atom is -0.352 e. The molecule has 0 radical (unpaired) electrons. The van der Waals surface area contributed by atoms with Crippen LogP contribution in [0.1, 0.15) is 65.5 Å². The molecule has 24 heavy (non-hydrogen) atoms. The standard InChI is InChI=1S/C20H29N3O/c1-18(2)11-16(12-19(3,4)23-18)22-17(24)20(5,6)15-9-7-8-14(10-15)13-21/h7-10,16,23H,11-12H2,1-6H3,(H,22,24). The number of nitriles is 1. The second kappa shape index (κ2) is 6.22. The molecule has 1 saturated heterocycles. The molecule has 1 heterocycles. The van der Waals surface area contributed by atoms with E-state index in [1.807, 2.05) is 26.0 Å². The van der Waals surface area contributed by atoms with Crippen LogP contribution < -0.4 is 10.6 Å². The van der Waals surface area contributed by atoms with Gasteiger partial charge in [-0.15, -0.1) is 0 Å². The van der Waals surface area contributed by atoms with Gasteiger partial charge < -0.3 is 10.6 Å². The van der Waals surface area contributed by atoms with Crippen molar-refractivity contribution in [2.24, 2.45) is 0 Å². The largest absolute Gasteiger partial charge is 0.352 e. The fourth-order valence-corrected chi connectivity index (χ4v) is 3.90. The Kier molecular flexibility index (Phi) is 4.79. The van der Waals surface area contributed by atoms with Crippen LogP contribution in [0.25, 0.3) is 0 Å². The number of hydrogen-bond acceptors (Lipinski definition) is 3. The summed E-state index contributed by atoms with van der Waals surface area (Å²) < 4.78 is 0. The Bertz CT molecular complexity index is 652. The molecule has 0 aliphatic carbocycles. The highest BCUT2D eigenvalue weighted by molar-refractivity contribution is 5.87. The second-order valence-electron chi connectivity index (χ2n) is 8.79. The molecule has 1 amide bonds. The van der Waals surface area contributed by atoms with Gasteiger partial charge in [0, 0.05) is 17.1 Å². The fourth-order valence-electron chi connectivity index (χ4n) is 3.90. The fraction of sp³-hybridized carbons (Fsp3) is 0.600. The van der Waals surface area contributed by atoms with Crippen LogP contribution in [0.3, 0.4) is 0 Å². The molecular weight excluding hydrogens is 298 g/mol. The molecule has 2 N–H and O–H groups in total. The topological polar surface area (TPSA) is 64.9 Å². The minimum absolute atomic E-state index is 0.00936. The molecule has 4 heteroatoms. The van der Waals surface area contributed by atoms with Crippen molar-refractivity contribution in [2.75, 3.05) is 0 Å². The van der Waals surface area contributed by atoms with Crippen molar-refractivity contribution in [1.82, 2.24) is 10.6 Å². The van der Waals surface area contributed by atoms with Gasteiger partial charge in [-0.25, -0.2) is 0 Å². The lowest BCUT2D eigenvalue weighted by Crippen LogP contribution is -2.63. The maximum absolute atomic E-state index is 12.9. The van der Waals surface area contributed by atoms with E-state index in [4.69, 9.17) is 5.26 Å². The first-order chi connectivity index (χ1) is 11.0. The van der Waals surface area contributed by atoms with Gasteiger partial charge in [0.2, 0.25) is 5.91 Å². The molecule has 1 aromatic carbocycles. The van der Waals surface area contributed by atoms with E-state index in [2.05, 4.69) is 44.4 Å². The quantitative estimate of drug-likeness (QED) is 0.895. The summed E-state index contributed by atoms with van der Waals surface area (Å²) in [4.78, 5) is 12.9. The number of carbonyl (C=O) groups is 1. The number of nitrogens with zero attached hydrogens (tertiary/aromatic N) is 1. The lowest BCUT2D eigenvalue weighted by Gasteiger charge is -2.47. The molecule has 1 aliphatic rings. The van der Waals surface area contributed by atoms with Crippen molar-refractivity contribution >= 4 is 5.91 Å². The Morgan fingerprint density at radius 3 is 2.38 bits per heavy atom. The van der Waals surface area contributed by atoms with E-state index < -0.39 is 5.41 Å². The van der Waals surface area contributed by atoms with Crippen molar-refractivity contribution in [3.8, 4) is 6.07 Å². The summed E-state index contributed by atoms with van der Waals surface area (Å²) in [5, 5.41) is 16.0. The lowest BCUT2D eigenvalue weighted by molar-refractivity contribution is -0.127. The Morgan fingerprint density at radius 1 is 1.25 bits per heavy atom. The molecule has 2 rings (SSSR count). The molecule has 130 valence electrons. The second-order valence-corrected chi connectivity index (χ2v) is 8.79. The number of nitrogens with one attached hydrogen (secondary N) is 2. The van der Waals surface area contributed by atoms with Gasteiger partial charge in [-0.2, -0.15) is 5.26 Å². The van der Waals surface area contributed by atoms with E-state index in [1.165, 1.54) is 0 Å². The zero-order valence-electron chi connectivity index (χ0n) is 15.7. The summed E-state index contributed by atoms with van der Waals surface area (Å²) in [5.74, 6) is 0.0103. The molecule has 0 saturated carbocycles. The Morgan fingerprint density at radius 2 is 1.83 bits per heavy atom. The van der Waals surface area contributed by atoms with Crippen LogP contribution in [0.15, 0.2) is 24.3 Å². The molecular formula is C20H29N3O. The first-order valence-corrected chi connectivity index (χ1v) is 8.56. The van der Waals surface area contributed by atoms with E-state index >= 15 is 0 Å². The van der Waals surface area contributed by atoms with E-state index in [1.54, 1.807) is 12.1 Å². The van der Waals surface area contributed by atoms with Crippen LogP contribution in [0.4, 0.5) is 0 Å². The predicted octanol–water partition coefficient (Wildman–Crippen LogP) is 3.26. The van der Waals surface area contributed by atoms with Gasteiger partial charge in [0.05, 0.1) is 17.0 Å². The summed E-state index contributed by atoms with van der Waals surface area (Å²) in [6, 6.07) is 9.59. The number of benzene rings is 1. The molecule has 1 fully saturated rings. The molecule has 0 spiro atoms. The summed E-state index contributed by atoms with van der Waals surface area (Å²) in [7, 11) is 0. The van der Waals surface area contributed by atoms with Crippen molar-refractivity contribution in [1.29, 1.82) is 5.26 Å². The van der Waals surface area contributed by atoms with Gasteiger partial charge in [0.15, 0.2) is 0 Å². The molecule has 0 bridgehead atoms. The molecule has 0 atom stereocenters. The third-order valence-electron chi connectivity index (χ3n) is 4.81. The first-order valence-electron chi connectivity index (χ1n) is 8.56. The van der Waals surface area contributed by atoms with Crippen LogP contribution >= 0.6 is 0 Å². The predicted molar refractivity (Wildman–Crippen MR) is 96.6 cm³/mol. The maximum Gasteiger partial charge on any atom is 0.230 e. The highest BCUT2D eigenvalue weighted by atomic mass is 16.2. The molecule has 0 unspecified atom stereocenters. The normalized spacial score (nSPS) is 20.2. The van der Waals surface area contributed by atoms with Gasteiger partial charge in [-0.3, -0.25) is 4.79 Å². The number of carbonyl (C=O) groups excluding carboxylic acids is 1. The molecule has 0 aromatic heterocycles. The van der Waals surface area contributed by atoms with Crippen LogP contribution in [0.5, 0.6) is 0 Å². The van der Waals surface area contributed by atoms with Crippen LogP contribution in [-0.4, -0.2) is 23.0 Å². The van der Waals surface area contributed by atoms with Crippen molar-refractivity contribution in [3.63, 3.8) is 0 Å². The molecule has 4 nitrogen and oxygen atoms in total. The molecule has 1 aliphatic heterocycles. The van der Waals surface area contributed by atoms with E-state index in [9.17, 15) is 4.79 Å². The average Bonchev–Trinajstić information content (AvgIpc) is 2.43. The monoisotopic (exact) mass is 327 g/mol. The number of piperidine rings is 1. The SMILES string of the molecule is CC1(C)CC(NC(=O)C(C)(C)c2cccc(C#N)c2)CC(C)(C)N1. The highest BCUT2D eigenvalue weighted by Gasteiger charge is 2.40. The Balaban J connectivity index is 2.17. The van der Waals surface area contributed by atoms with E-state index in [0.717, 1.165) is 18.4 Å². The van der Waals surface area contributed by atoms with Crippen molar-refractivity contribution in [3.05, 3.63) is 35.4 Å². The number of amides is 1. The van der Waals surface area contributed by atoms with Gasteiger partial charge >= 0.3 is 0 Å². The summed E-state index contributed by atoms with van der Waals surface area (Å²) >= 11 is 0. The summed E-state index contributed by atoms with van der Waals surface area (Å²) in [6.07, 6.45) is 1.80. The smallest absolute Gasteiger partial charge is 0.230 e. The average molecular weight is 327 g/mol. The first kappa shape index (κ1) is 18.5. The van der Waals surface area contributed by atoms with Crippen LogP contribution in [0.2, 0.25) is 0 Å². The van der Waals surface area contributed by atoms with Crippen molar-refractivity contribution < 1.29 is 4.79 Å². The zero-order chi connectivity index (χ0) is 18.2. The highest BCUT2D eigenvalue weighted by Crippen LogP contribution is 2.30. The maximum atomic E-state index is 12.9. The van der Waals surface area contributed by atoms with Gasteiger partial charge in [-0.1, -0.05) is 12.1 Å². The van der Waals surface area contributed by atoms with Gasteiger partial charge in [-0.05, 0) is 72.1 Å². The lowest BCUT2D eigenvalue weighted by atomic mass is 9.78. The Hall–Kier alpha value is -1.86. The Labute approximate surface area is 145 Å². The van der Waals surface area contributed by atoms with Crippen molar-refractivity contribution in [2.45, 2.75) is 76.9 Å². The summed E-state index contributed by atoms with van der Waals surface area (Å²) in [6.45, 7) is 12.5. The third-order valence-corrected chi connectivity index (χ3v) is 4.81. The van der Waals surface area contributed by atoms with E-state index in [-0.39, 0.29) is 23.0 Å². The molecule has 1 aromatic rings. The zero-order valence-corrected chi connectivity index (χ0v) is 15.7. The summed E-state index contributed by atoms with van der Waals surface area (Å²) in [5.41, 5.74) is 0.755. The number of hydrogen-bond donors (Lipinski definition) is 2. The van der Waals surface area contributed by atoms with Crippen LogP contribution in [0, 0.1) is 11.3 Å². The van der Waals surface area contributed by atoms with Gasteiger partial charge in [0.25, 0.3) is 0 Å². The van der Waals surface area contributed by atoms with Gasteiger partial charge in [0.1, 0.15) is 0 Å². The van der Waals surface area contributed by atoms with Crippen LogP contribution in [-0.2, 0) is 10.2 Å². The minimum atomic E-state index is -0.675. The number of rotatable bonds is 3. The van der Waals surface area contributed by atoms with E-state index in [0.29, 0.717) is 5.56 Å².